The molecule has 0 aliphatic heterocycles. The normalized spacial score (nSPS) is 14.6. The number of aryl methyl sites for hydroxylation is 2. The Hall–Kier alpha value is -1.68. The second kappa shape index (κ2) is 8.13. The van der Waals surface area contributed by atoms with Crippen LogP contribution in [0.25, 0.3) is 0 Å². The third kappa shape index (κ3) is 4.30. The highest BCUT2D eigenvalue weighted by Gasteiger charge is 2.22. The molecule has 1 amide bonds. The zero-order chi connectivity index (χ0) is 17.8. The van der Waals surface area contributed by atoms with Crippen molar-refractivity contribution in [3.8, 4) is 6.07 Å². The van der Waals surface area contributed by atoms with Crippen molar-refractivity contribution in [2.45, 2.75) is 45.6 Å². The van der Waals surface area contributed by atoms with Gasteiger partial charge in [-0.2, -0.15) is 5.26 Å². The number of quaternary nitrogens is 1. The molecule has 2 heterocycles. The Morgan fingerprint density at radius 1 is 1.40 bits per heavy atom. The standard InChI is InChI=1S/C19H23N3OS2/c1-13-8-10-24-17(13)12-22(2)9-7-18(23)21-19-15(11-20)14-5-3-4-6-16(14)25-19/h8,10H,3-7,9,12H2,1-2H3,(H,21,23)/p+1. The monoisotopic (exact) mass is 374 g/mol. The van der Waals surface area contributed by atoms with Gasteiger partial charge in [0.2, 0.25) is 5.91 Å². The highest BCUT2D eigenvalue weighted by molar-refractivity contribution is 7.16. The molecule has 0 spiro atoms. The molecular formula is C19H24N3OS2+. The van der Waals surface area contributed by atoms with Crippen LogP contribution in [0.4, 0.5) is 5.00 Å². The highest BCUT2D eigenvalue weighted by Crippen LogP contribution is 2.37. The lowest BCUT2D eigenvalue weighted by atomic mass is 9.96. The third-order valence-corrected chi connectivity index (χ3v) is 6.98. The summed E-state index contributed by atoms with van der Waals surface area (Å²) >= 11 is 3.37. The molecule has 2 aromatic heterocycles. The summed E-state index contributed by atoms with van der Waals surface area (Å²) in [5.41, 5.74) is 3.20. The quantitative estimate of drug-likeness (QED) is 0.817. The van der Waals surface area contributed by atoms with Gasteiger partial charge < -0.3 is 10.2 Å². The molecule has 0 bridgehead atoms. The van der Waals surface area contributed by atoms with E-state index in [1.54, 1.807) is 22.7 Å². The lowest BCUT2D eigenvalue weighted by molar-refractivity contribution is -0.892. The van der Waals surface area contributed by atoms with Crippen LogP contribution in [0.2, 0.25) is 0 Å². The van der Waals surface area contributed by atoms with Gasteiger partial charge in [0.05, 0.1) is 30.5 Å². The second-order valence-electron chi connectivity index (χ2n) is 6.74. The van der Waals surface area contributed by atoms with Gasteiger partial charge in [0.1, 0.15) is 17.6 Å². The van der Waals surface area contributed by atoms with Crippen LogP contribution < -0.4 is 10.2 Å². The molecule has 0 fully saturated rings. The van der Waals surface area contributed by atoms with Gasteiger partial charge in [-0.25, -0.2) is 0 Å². The molecule has 0 saturated heterocycles. The number of amides is 1. The van der Waals surface area contributed by atoms with E-state index in [0.717, 1.165) is 37.4 Å². The van der Waals surface area contributed by atoms with Crippen LogP contribution in [-0.4, -0.2) is 19.5 Å². The first kappa shape index (κ1) is 18.1. The summed E-state index contributed by atoms with van der Waals surface area (Å²) in [4.78, 5) is 16.3. The number of carbonyl (C=O) groups is 1. The van der Waals surface area contributed by atoms with Crippen molar-refractivity contribution in [2.75, 3.05) is 18.9 Å². The molecule has 3 rings (SSSR count). The largest absolute Gasteiger partial charge is 0.333 e. The SMILES string of the molecule is Cc1ccsc1C[NH+](C)CCC(=O)Nc1sc2c(c1C#N)CCCC2. The molecule has 1 atom stereocenters. The summed E-state index contributed by atoms with van der Waals surface area (Å²) in [6, 6.07) is 4.44. The van der Waals surface area contributed by atoms with Gasteiger partial charge in [-0.05, 0) is 55.2 Å². The summed E-state index contributed by atoms with van der Waals surface area (Å²) in [7, 11) is 2.12. The molecule has 25 heavy (non-hydrogen) atoms. The minimum Gasteiger partial charge on any atom is -0.333 e. The molecule has 6 heteroatoms. The second-order valence-corrected chi connectivity index (χ2v) is 8.84. The van der Waals surface area contributed by atoms with E-state index in [0.29, 0.717) is 12.0 Å². The fraction of sp³-hybridized carbons (Fsp3) is 0.474. The number of rotatable bonds is 6. The van der Waals surface area contributed by atoms with Gasteiger partial charge in [0.25, 0.3) is 0 Å². The van der Waals surface area contributed by atoms with Crippen molar-refractivity contribution in [3.63, 3.8) is 0 Å². The van der Waals surface area contributed by atoms with Crippen LogP contribution in [0.5, 0.6) is 0 Å². The predicted octanol–water partition coefficient (Wildman–Crippen LogP) is 2.91. The van der Waals surface area contributed by atoms with E-state index in [4.69, 9.17) is 0 Å². The first-order chi connectivity index (χ1) is 12.1. The Kier molecular flexibility index (Phi) is 5.89. The summed E-state index contributed by atoms with van der Waals surface area (Å²) in [5.74, 6) is 0.0114. The molecular weight excluding hydrogens is 350 g/mol. The Morgan fingerprint density at radius 2 is 2.20 bits per heavy atom. The molecule has 1 aliphatic rings. The predicted molar refractivity (Wildman–Crippen MR) is 103 cm³/mol. The average Bonchev–Trinajstić information content (AvgIpc) is 3.16. The number of nitrogens with zero attached hydrogens (tertiary/aromatic N) is 1. The summed E-state index contributed by atoms with van der Waals surface area (Å²) in [6.07, 6.45) is 4.81. The fourth-order valence-electron chi connectivity index (χ4n) is 3.24. The number of hydrogen-bond acceptors (Lipinski definition) is 4. The number of carbonyl (C=O) groups excluding carboxylic acids is 1. The molecule has 1 aliphatic carbocycles. The number of fused-ring (bicyclic) bond motifs is 1. The van der Waals surface area contributed by atoms with Crippen molar-refractivity contribution in [3.05, 3.63) is 37.9 Å². The first-order valence-corrected chi connectivity index (χ1v) is 10.5. The van der Waals surface area contributed by atoms with Crippen molar-refractivity contribution in [1.29, 1.82) is 5.26 Å². The fourth-order valence-corrected chi connectivity index (χ4v) is 5.51. The Bertz CT molecular complexity index is 800. The van der Waals surface area contributed by atoms with Gasteiger partial charge in [-0.15, -0.1) is 22.7 Å². The van der Waals surface area contributed by atoms with Gasteiger partial charge in [0, 0.05) is 4.88 Å². The van der Waals surface area contributed by atoms with E-state index >= 15 is 0 Å². The van der Waals surface area contributed by atoms with E-state index in [1.807, 2.05) is 0 Å². The molecule has 2 N–H and O–H groups in total. The van der Waals surface area contributed by atoms with Crippen LogP contribution in [0.3, 0.4) is 0 Å². The topological polar surface area (TPSA) is 57.3 Å². The van der Waals surface area contributed by atoms with Crippen molar-refractivity contribution >= 4 is 33.6 Å². The minimum atomic E-state index is 0.0114. The molecule has 0 saturated carbocycles. The van der Waals surface area contributed by atoms with Gasteiger partial charge >= 0.3 is 0 Å². The molecule has 2 aromatic rings. The van der Waals surface area contributed by atoms with Crippen molar-refractivity contribution < 1.29 is 9.69 Å². The van der Waals surface area contributed by atoms with E-state index in [1.165, 1.54) is 32.2 Å². The zero-order valence-corrected chi connectivity index (χ0v) is 16.4. The van der Waals surface area contributed by atoms with Crippen LogP contribution in [0.1, 0.15) is 45.7 Å². The molecule has 4 nitrogen and oxygen atoms in total. The summed E-state index contributed by atoms with van der Waals surface area (Å²) < 4.78 is 0. The summed E-state index contributed by atoms with van der Waals surface area (Å²) in [5, 5.41) is 15.3. The Labute approximate surface area is 157 Å². The number of anilines is 1. The van der Waals surface area contributed by atoms with E-state index in [9.17, 15) is 10.1 Å². The van der Waals surface area contributed by atoms with Crippen LogP contribution in [0, 0.1) is 18.3 Å². The summed E-state index contributed by atoms with van der Waals surface area (Å²) in [6.45, 7) is 3.87. The number of hydrogen-bond donors (Lipinski definition) is 2. The van der Waals surface area contributed by atoms with Gasteiger partial charge in [-0.1, -0.05) is 0 Å². The maximum absolute atomic E-state index is 12.3. The van der Waals surface area contributed by atoms with Crippen molar-refractivity contribution in [2.24, 2.45) is 0 Å². The van der Waals surface area contributed by atoms with Gasteiger partial charge in [0.15, 0.2) is 0 Å². The number of thiophene rings is 2. The third-order valence-electron chi connectivity index (χ3n) is 4.75. The first-order valence-electron chi connectivity index (χ1n) is 8.77. The van der Waals surface area contributed by atoms with Crippen LogP contribution in [-0.2, 0) is 24.2 Å². The van der Waals surface area contributed by atoms with E-state index < -0.39 is 0 Å². The molecule has 1 unspecified atom stereocenters. The number of nitrogens with one attached hydrogen (secondary N) is 2. The molecule has 132 valence electrons. The lowest BCUT2D eigenvalue weighted by Gasteiger charge is -2.13. The lowest BCUT2D eigenvalue weighted by Crippen LogP contribution is -3.07. The van der Waals surface area contributed by atoms with Gasteiger partial charge in [-0.3, -0.25) is 4.79 Å². The average molecular weight is 375 g/mol. The van der Waals surface area contributed by atoms with Crippen LogP contribution >= 0.6 is 22.7 Å². The molecule has 0 aromatic carbocycles. The maximum Gasteiger partial charge on any atom is 0.230 e. The smallest absolute Gasteiger partial charge is 0.230 e. The molecule has 0 radical (unpaired) electrons. The Balaban J connectivity index is 1.55. The highest BCUT2D eigenvalue weighted by atomic mass is 32.1. The maximum atomic E-state index is 12.3. The van der Waals surface area contributed by atoms with Crippen LogP contribution in [0.15, 0.2) is 11.4 Å². The zero-order valence-electron chi connectivity index (χ0n) is 14.8. The van der Waals surface area contributed by atoms with E-state index in [-0.39, 0.29) is 5.91 Å². The number of nitriles is 1. The van der Waals surface area contributed by atoms with Crippen molar-refractivity contribution in [1.82, 2.24) is 0 Å². The minimum absolute atomic E-state index is 0.0114. The Morgan fingerprint density at radius 3 is 2.92 bits per heavy atom. The van der Waals surface area contributed by atoms with E-state index in [2.05, 4.69) is 36.8 Å².